The third kappa shape index (κ3) is 5.35. The maximum absolute atomic E-state index is 12.2. The summed E-state index contributed by atoms with van der Waals surface area (Å²) in [7, 11) is 4.26. The Morgan fingerprint density at radius 3 is 2.38 bits per heavy atom. The molecule has 21 heavy (non-hydrogen) atoms. The van der Waals surface area contributed by atoms with Gasteiger partial charge in [0.05, 0.1) is 0 Å². The summed E-state index contributed by atoms with van der Waals surface area (Å²) in [5.41, 5.74) is 0.353. The van der Waals surface area contributed by atoms with Gasteiger partial charge in [0, 0.05) is 58.2 Å². The molecule has 0 aromatic heterocycles. The summed E-state index contributed by atoms with van der Waals surface area (Å²) in [5, 5.41) is 0. The fourth-order valence-electron chi connectivity index (χ4n) is 3.56. The lowest BCUT2D eigenvalue weighted by atomic mass is 9.71. The van der Waals surface area contributed by atoms with Crippen LogP contribution >= 0.6 is 0 Å². The van der Waals surface area contributed by atoms with Gasteiger partial charge < -0.3 is 9.80 Å². The van der Waals surface area contributed by atoms with E-state index in [1.165, 1.54) is 0 Å². The largest absolute Gasteiger partial charge is 0.308 e. The molecule has 1 aliphatic carbocycles. The van der Waals surface area contributed by atoms with Crippen molar-refractivity contribution in [3.05, 3.63) is 0 Å². The standard InChI is InChI=1S/C17H33N3O/c1-17(2)6-5-16(21)15(13-17)14-20-11-9-19(10-12-20)8-7-18(3)4/h15H,5-14H2,1-4H3. The smallest absolute Gasteiger partial charge is 0.137 e. The molecule has 1 atom stereocenters. The van der Waals surface area contributed by atoms with E-state index in [-0.39, 0.29) is 5.92 Å². The maximum atomic E-state index is 12.2. The Balaban J connectivity index is 1.74. The van der Waals surface area contributed by atoms with E-state index in [9.17, 15) is 4.79 Å². The van der Waals surface area contributed by atoms with Crippen LogP contribution in [0.25, 0.3) is 0 Å². The molecule has 0 aromatic carbocycles. The highest BCUT2D eigenvalue weighted by atomic mass is 16.1. The van der Waals surface area contributed by atoms with Crippen LogP contribution in [0.2, 0.25) is 0 Å². The van der Waals surface area contributed by atoms with Gasteiger partial charge in [-0.2, -0.15) is 0 Å². The van der Waals surface area contributed by atoms with E-state index in [0.29, 0.717) is 11.2 Å². The van der Waals surface area contributed by atoms with Gasteiger partial charge in [-0.15, -0.1) is 0 Å². The molecule has 4 heteroatoms. The molecule has 0 radical (unpaired) electrons. The minimum Gasteiger partial charge on any atom is -0.308 e. The highest BCUT2D eigenvalue weighted by molar-refractivity contribution is 5.82. The minimum atomic E-state index is 0.280. The molecule has 2 rings (SSSR count). The number of piperazine rings is 1. The van der Waals surface area contributed by atoms with E-state index in [1.54, 1.807) is 0 Å². The van der Waals surface area contributed by atoms with Crippen molar-refractivity contribution in [2.45, 2.75) is 33.1 Å². The first-order valence-corrected chi connectivity index (χ1v) is 8.48. The van der Waals surface area contributed by atoms with Crippen LogP contribution in [0, 0.1) is 11.3 Å². The predicted octanol–water partition coefficient (Wildman–Crippen LogP) is 1.56. The number of carbonyl (C=O) groups excluding carboxylic acids is 1. The van der Waals surface area contributed by atoms with Gasteiger partial charge in [0.2, 0.25) is 0 Å². The van der Waals surface area contributed by atoms with Gasteiger partial charge in [-0.1, -0.05) is 13.8 Å². The highest BCUT2D eigenvalue weighted by Gasteiger charge is 2.34. The van der Waals surface area contributed by atoms with Crippen molar-refractivity contribution in [2.75, 3.05) is 59.9 Å². The van der Waals surface area contributed by atoms with Crippen molar-refractivity contribution < 1.29 is 4.79 Å². The number of hydrogen-bond donors (Lipinski definition) is 0. The zero-order valence-corrected chi connectivity index (χ0v) is 14.4. The first-order valence-electron chi connectivity index (χ1n) is 8.48. The predicted molar refractivity (Wildman–Crippen MR) is 87.6 cm³/mol. The summed E-state index contributed by atoms with van der Waals surface area (Å²) in [6, 6.07) is 0. The Morgan fingerprint density at radius 1 is 1.14 bits per heavy atom. The summed E-state index contributed by atoms with van der Waals surface area (Å²) in [6.07, 6.45) is 2.94. The molecule has 2 aliphatic rings. The summed E-state index contributed by atoms with van der Waals surface area (Å²) in [6.45, 7) is 12.5. The van der Waals surface area contributed by atoms with Crippen molar-refractivity contribution in [3.8, 4) is 0 Å². The SMILES string of the molecule is CN(C)CCN1CCN(CC2CC(C)(C)CCC2=O)CC1. The van der Waals surface area contributed by atoms with E-state index in [4.69, 9.17) is 0 Å². The van der Waals surface area contributed by atoms with Crippen molar-refractivity contribution in [2.24, 2.45) is 11.3 Å². The molecule has 0 N–H and O–H groups in total. The second kappa shape index (κ2) is 7.21. The normalized spacial score (nSPS) is 28.2. The topological polar surface area (TPSA) is 26.8 Å². The fourth-order valence-corrected chi connectivity index (χ4v) is 3.56. The molecule has 1 aliphatic heterocycles. The zero-order valence-electron chi connectivity index (χ0n) is 14.4. The molecule has 0 spiro atoms. The zero-order chi connectivity index (χ0) is 15.5. The first-order chi connectivity index (χ1) is 9.85. The van der Waals surface area contributed by atoms with Gasteiger partial charge in [0.25, 0.3) is 0 Å². The lowest BCUT2D eigenvalue weighted by molar-refractivity contribution is -0.128. The van der Waals surface area contributed by atoms with Crippen LogP contribution in [-0.4, -0.2) is 80.4 Å². The van der Waals surface area contributed by atoms with Gasteiger partial charge in [0.15, 0.2) is 0 Å². The van der Waals surface area contributed by atoms with Gasteiger partial charge >= 0.3 is 0 Å². The van der Waals surface area contributed by atoms with Crippen molar-refractivity contribution in [1.82, 2.24) is 14.7 Å². The number of carbonyl (C=O) groups is 1. The van der Waals surface area contributed by atoms with Gasteiger partial charge in [-0.05, 0) is 32.4 Å². The average molecular weight is 295 g/mol. The second-order valence-corrected chi connectivity index (χ2v) is 7.98. The summed E-state index contributed by atoms with van der Waals surface area (Å²) >= 11 is 0. The Bertz CT molecular complexity index is 346. The average Bonchev–Trinajstić information content (AvgIpc) is 2.42. The molecule has 0 bridgehead atoms. The Labute approximate surface area is 130 Å². The molecule has 1 saturated heterocycles. The van der Waals surface area contributed by atoms with E-state index in [0.717, 1.165) is 65.1 Å². The van der Waals surface area contributed by atoms with Crippen molar-refractivity contribution in [3.63, 3.8) is 0 Å². The van der Waals surface area contributed by atoms with Gasteiger partial charge in [0.1, 0.15) is 5.78 Å². The quantitative estimate of drug-likeness (QED) is 0.769. The van der Waals surface area contributed by atoms with Crippen molar-refractivity contribution in [1.29, 1.82) is 0 Å². The van der Waals surface area contributed by atoms with Gasteiger partial charge in [-0.3, -0.25) is 9.69 Å². The third-order valence-electron chi connectivity index (χ3n) is 5.11. The van der Waals surface area contributed by atoms with Crippen LogP contribution in [0.3, 0.4) is 0 Å². The van der Waals surface area contributed by atoms with Crippen molar-refractivity contribution >= 4 is 5.78 Å². The van der Waals surface area contributed by atoms with Crippen LogP contribution in [0.15, 0.2) is 0 Å². The second-order valence-electron chi connectivity index (χ2n) is 7.98. The number of Topliss-reactive ketones (excluding diaryl/α,β-unsaturated/α-hetero) is 1. The van der Waals surface area contributed by atoms with Crippen LogP contribution < -0.4 is 0 Å². The fraction of sp³-hybridized carbons (Fsp3) is 0.941. The summed E-state index contributed by atoms with van der Waals surface area (Å²) < 4.78 is 0. The molecule has 0 amide bonds. The minimum absolute atomic E-state index is 0.280. The molecule has 2 fully saturated rings. The molecule has 0 aromatic rings. The van der Waals surface area contributed by atoms with Gasteiger partial charge in [-0.25, -0.2) is 0 Å². The number of hydrogen-bond acceptors (Lipinski definition) is 4. The molecule has 4 nitrogen and oxygen atoms in total. The molecule has 1 heterocycles. The molecular formula is C17H33N3O. The lowest BCUT2D eigenvalue weighted by Gasteiger charge is -2.40. The van der Waals surface area contributed by atoms with Crippen LogP contribution in [0.4, 0.5) is 0 Å². The number of likely N-dealkylation sites (N-methyl/N-ethyl adjacent to an activating group) is 1. The molecule has 1 saturated carbocycles. The first kappa shape index (κ1) is 16.9. The highest BCUT2D eigenvalue weighted by Crippen LogP contribution is 2.37. The Kier molecular flexibility index (Phi) is 5.81. The third-order valence-corrected chi connectivity index (χ3v) is 5.11. The van der Waals surface area contributed by atoms with E-state index in [2.05, 4.69) is 42.6 Å². The van der Waals surface area contributed by atoms with E-state index in [1.807, 2.05) is 0 Å². The molecule has 122 valence electrons. The number of ketones is 1. The van der Waals surface area contributed by atoms with Crippen LogP contribution in [0.5, 0.6) is 0 Å². The monoisotopic (exact) mass is 295 g/mol. The Morgan fingerprint density at radius 2 is 1.76 bits per heavy atom. The van der Waals surface area contributed by atoms with Crippen LogP contribution in [-0.2, 0) is 4.79 Å². The number of rotatable bonds is 5. The van der Waals surface area contributed by atoms with E-state index < -0.39 is 0 Å². The summed E-state index contributed by atoms with van der Waals surface area (Å²) in [5.74, 6) is 0.784. The molecule has 1 unspecified atom stereocenters. The number of nitrogens with zero attached hydrogens (tertiary/aromatic N) is 3. The Hall–Kier alpha value is -0.450. The van der Waals surface area contributed by atoms with Crippen LogP contribution in [0.1, 0.15) is 33.1 Å². The summed E-state index contributed by atoms with van der Waals surface area (Å²) in [4.78, 5) is 19.5. The lowest BCUT2D eigenvalue weighted by Crippen LogP contribution is -2.50. The molecular weight excluding hydrogens is 262 g/mol. The van der Waals surface area contributed by atoms with E-state index >= 15 is 0 Å². The maximum Gasteiger partial charge on any atom is 0.137 e.